The van der Waals surface area contributed by atoms with Gasteiger partial charge in [0.15, 0.2) is 29.2 Å². The van der Waals surface area contributed by atoms with Crippen molar-refractivity contribution < 1.29 is 39.6 Å². The topological polar surface area (TPSA) is 142 Å². The van der Waals surface area contributed by atoms with E-state index in [1.165, 1.54) is 17.0 Å². The molecule has 10 nitrogen and oxygen atoms in total. The third-order valence-corrected chi connectivity index (χ3v) is 10.4. The summed E-state index contributed by atoms with van der Waals surface area (Å²) < 4.78 is 97.9. The number of benzene rings is 2. The van der Waals surface area contributed by atoms with Gasteiger partial charge in [-0.15, -0.1) is 4.40 Å². The minimum absolute atomic E-state index is 0.0138. The highest BCUT2D eigenvalue weighted by atomic mass is 32.2. The number of rotatable bonds is 5. The summed E-state index contributed by atoms with van der Waals surface area (Å²) in [7, 11) is -8.19. The largest absolute Gasteiger partial charge is 0.341 e. The molecule has 3 atom stereocenters. The molecule has 218 valence electrons. The Morgan fingerprint density at radius 1 is 1.02 bits per heavy atom. The molecule has 2 aliphatic heterocycles. The van der Waals surface area contributed by atoms with Crippen molar-refractivity contribution in [3.8, 4) is 0 Å². The van der Waals surface area contributed by atoms with Crippen LogP contribution in [0.3, 0.4) is 0 Å². The molecule has 2 heterocycles. The Morgan fingerprint density at radius 2 is 1.71 bits per heavy atom. The Morgan fingerprint density at radius 3 is 2.39 bits per heavy atom. The molecule has 3 unspecified atom stereocenters. The molecule has 2 bridgehead atoms. The molecule has 1 amide bonds. The number of amidine groups is 1. The van der Waals surface area contributed by atoms with Crippen molar-refractivity contribution in [1.82, 2.24) is 4.90 Å². The fraction of sp³-hybridized carbons (Fsp3) is 0.423. The van der Waals surface area contributed by atoms with Crippen LogP contribution in [0.5, 0.6) is 0 Å². The maximum Gasteiger partial charge on any atom is 0.286 e. The van der Waals surface area contributed by atoms with Gasteiger partial charge in [0.25, 0.3) is 10.0 Å². The van der Waals surface area contributed by atoms with Crippen molar-refractivity contribution in [3.05, 3.63) is 53.3 Å². The summed E-state index contributed by atoms with van der Waals surface area (Å²) in [6.45, 7) is -0.437. The zero-order valence-corrected chi connectivity index (χ0v) is 23.2. The molecule has 4 fully saturated rings. The zero-order chi connectivity index (χ0) is 29.4. The normalized spacial score (nSPS) is 28.4. The summed E-state index contributed by atoms with van der Waals surface area (Å²) in [5.74, 6) is -8.66. The van der Waals surface area contributed by atoms with Crippen molar-refractivity contribution in [1.29, 1.82) is 0 Å². The Bertz CT molecular complexity index is 1740. The van der Waals surface area contributed by atoms with E-state index in [9.17, 15) is 39.6 Å². The smallest absolute Gasteiger partial charge is 0.286 e. The number of nitrogens with zero attached hydrogens (tertiary/aromatic N) is 2. The Kier molecular flexibility index (Phi) is 6.45. The third-order valence-electron chi connectivity index (χ3n) is 8.45. The molecule has 2 aromatic carbocycles. The molecule has 2 N–H and O–H groups in total. The lowest BCUT2D eigenvalue weighted by atomic mass is 9.57. The van der Waals surface area contributed by atoms with Gasteiger partial charge in [-0.05, 0) is 61.8 Å². The number of anilines is 2. The van der Waals surface area contributed by atoms with E-state index >= 15 is 0 Å². The van der Waals surface area contributed by atoms with Crippen LogP contribution in [0, 0.1) is 41.1 Å². The number of likely N-dealkylation sites (tertiary alicyclic amines) is 1. The van der Waals surface area contributed by atoms with E-state index in [0.29, 0.717) is 0 Å². The van der Waals surface area contributed by atoms with Gasteiger partial charge in [0.05, 0.1) is 11.9 Å². The van der Waals surface area contributed by atoms with Crippen LogP contribution in [-0.2, 0) is 36.2 Å². The van der Waals surface area contributed by atoms with E-state index in [1.54, 1.807) is 0 Å². The number of piperidine rings is 1. The number of sulfonamides is 2. The van der Waals surface area contributed by atoms with Crippen LogP contribution < -0.4 is 10.0 Å². The lowest BCUT2D eigenvalue weighted by molar-refractivity contribution is -0.162. The van der Waals surface area contributed by atoms with Crippen LogP contribution in [0.25, 0.3) is 0 Å². The minimum Gasteiger partial charge on any atom is -0.341 e. The Labute approximate surface area is 234 Å². The van der Waals surface area contributed by atoms with E-state index in [-0.39, 0.29) is 33.7 Å². The number of Topliss-reactive ketones (excluding diaryl/α,β-unsaturated/α-hetero) is 1. The third kappa shape index (κ3) is 4.68. The fourth-order valence-corrected chi connectivity index (χ4v) is 8.52. The molecule has 7 rings (SSSR count). The number of nitrogens with one attached hydrogen (secondary N) is 2. The first-order chi connectivity index (χ1) is 19.2. The molecule has 0 aromatic heterocycles. The Hall–Kier alpha value is -3.46. The first kappa shape index (κ1) is 27.7. The lowest BCUT2D eigenvalue weighted by Gasteiger charge is -2.55. The quantitative estimate of drug-likeness (QED) is 0.392. The number of carbonyl (C=O) groups is 2. The van der Waals surface area contributed by atoms with Gasteiger partial charge in [0.2, 0.25) is 15.9 Å². The standard InChI is InChI=1S/C26H25F3N4O6S2/c1-40(36,37)31-15-7-9-17-18(10-15)41(38,39)32-25(30-17)20-24(34)19-12-2-4-13(5-3-12)23(19)33(26(20)35)11-14-6-8-16(27)22(29)21(14)28/h6-10,12-13,19-20,23,31H,2-5,11H2,1H3,(H,30,32). The molecule has 2 aromatic rings. The first-order valence-electron chi connectivity index (χ1n) is 13.0. The lowest BCUT2D eigenvalue weighted by Crippen LogP contribution is -2.66. The number of amides is 1. The molecular weight excluding hydrogens is 585 g/mol. The van der Waals surface area contributed by atoms with Crippen LogP contribution >= 0.6 is 0 Å². The average Bonchev–Trinajstić information content (AvgIpc) is 2.90. The molecule has 15 heteroatoms. The van der Waals surface area contributed by atoms with E-state index in [0.717, 1.165) is 50.1 Å². The minimum atomic E-state index is -4.48. The molecule has 5 aliphatic rings. The number of halogens is 3. The van der Waals surface area contributed by atoms with Gasteiger partial charge in [-0.1, -0.05) is 6.07 Å². The van der Waals surface area contributed by atoms with Gasteiger partial charge < -0.3 is 10.2 Å². The van der Waals surface area contributed by atoms with Gasteiger partial charge in [0.1, 0.15) is 10.7 Å². The van der Waals surface area contributed by atoms with Crippen LogP contribution in [0.2, 0.25) is 0 Å². The fourth-order valence-electron chi connectivity index (χ4n) is 6.78. The zero-order valence-electron chi connectivity index (χ0n) is 21.6. The number of hydrogen-bond donors (Lipinski definition) is 2. The number of ketones is 1. The maximum atomic E-state index is 14.7. The first-order valence-corrected chi connectivity index (χ1v) is 16.3. The van der Waals surface area contributed by atoms with E-state index in [1.807, 2.05) is 0 Å². The molecule has 41 heavy (non-hydrogen) atoms. The number of hydrogen-bond acceptors (Lipinski definition) is 7. The summed E-state index contributed by atoms with van der Waals surface area (Å²) in [5, 5.41) is 2.77. The summed E-state index contributed by atoms with van der Waals surface area (Å²) in [6, 6.07) is 4.87. The van der Waals surface area contributed by atoms with E-state index < -0.39 is 79.4 Å². The van der Waals surface area contributed by atoms with Crippen LogP contribution in [0.15, 0.2) is 39.6 Å². The van der Waals surface area contributed by atoms with Crippen molar-refractivity contribution >= 4 is 48.9 Å². The Balaban J connectivity index is 1.40. The highest BCUT2D eigenvalue weighted by Crippen LogP contribution is 2.51. The second-order valence-corrected chi connectivity index (χ2v) is 14.3. The van der Waals surface area contributed by atoms with Crippen molar-refractivity contribution in [2.45, 2.75) is 43.2 Å². The van der Waals surface area contributed by atoms with Gasteiger partial charge in [0, 0.05) is 29.8 Å². The van der Waals surface area contributed by atoms with Crippen molar-refractivity contribution in [2.75, 3.05) is 16.3 Å². The molecule has 3 saturated carbocycles. The van der Waals surface area contributed by atoms with Gasteiger partial charge in [-0.3, -0.25) is 14.3 Å². The van der Waals surface area contributed by atoms with E-state index in [4.69, 9.17) is 0 Å². The van der Waals surface area contributed by atoms with Crippen LogP contribution in [-0.4, -0.2) is 51.6 Å². The summed E-state index contributed by atoms with van der Waals surface area (Å²) in [5.41, 5.74) is -0.311. The van der Waals surface area contributed by atoms with Gasteiger partial charge in [-0.2, -0.15) is 8.42 Å². The van der Waals surface area contributed by atoms with Crippen molar-refractivity contribution in [2.24, 2.45) is 28.1 Å². The highest BCUT2D eigenvalue weighted by molar-refractivity contribution is 7.92. The molecular formula is C26H25F3N4O6S2. The predicted molar refractivity (Wildman–Crippen MR) is 141 cm³/mol. The summed E-state index contributed by atoms with van der Waals surface area (Å²) in [4.78, 5) is 28.9. The van der Waals surface area contributed by atoms with Crippen molar-refractivity contribution in [3.63, 3.8) is 0 Å². The maximum absolute atomic E-state index is 14.7. The van der Waals surface area contributed by atoms with E-state index in [2.05, 4.69) is 14.4 Å². The molecule has 3 aliphatic carbocycles. The van der Waals surface area contributed by atoms with Crippen LogP contribution in [0.1, 0.15) is 31.2 Å². The van der Waals surface area contributed by atoms with Gasteiger partial charge >= 0.3 is 0 Å². The molecule has 1 saturated heterocycles. The summed E-state index contributed by atoms with van der Waals surface area (Å²) in [6.07, 6.45) is 3.88. The monoisotopic (exact) mass is 610 g/mol. The number of fused-ring (bicyclic) bond motifs is 3. The van der Waals surface area contributed by atoms with Gasteiger partial charge in [-0.25, -0.2) is 21.6 Å². The van der Waals surface area contributed by atoms with Crippen LogP contribution in [0.4, 0.5) is 24.5 Å². The summed E-state index contributed by atoms with van der Waals surface area (Å²) >= 11 is 0. The SMILES string of the molecule is CS(=O)(=O)Nc1ccc2c(c1)S(=O)(=O)N=C(C1C(=O)C3C4CCC(CC4)C3N(Cc3ccc(F)c(F)c3F)C1=O)N2. The average molecular weight is 611 g/mol. The highest BCUT2D eigenvalue weighted by Gasteiger charge is 2.58. The molecule has 0 spiro atoms. The predicted octanol–water partition coefficient (Wildman–Crippen LogP) is 3.02. The second-order valence-electron chi connectivity index (χ2n) is 11.0. The second kappa shape index (κ2) is 9.54. The molecule has 0 radical (unpaired) electrons. The number of carbonyl (C=O) groups excluding carboxylic acids is 2.